The lowest BCUT2D eigenvalue weighted by Gasteiger charge is -2.17. The Hall–Kier alpha value is -1.37. The van der Waals surface area contributed by atoms with Crippen LogP contribution in [-0.4, -0.2) is 12.4 Å². The average Bonchev–Trinajstić information content (AvgIpc) is 2.59. The Morgan fingerprint density at radius 3 is 2.47 bits per heavy atom. The molecule has 0 spiro atoms. The van der Waals surface area contributed by atoms with Gasteiger partial charge in [0, 0.05) is 0 Å². The van der Waals surface area contributed by atoms with Gasteiger partial charge in [-0.25, -0.2) is 0 Å². The van der Waals surface area contributed by atoms with Gasteiger partial charge in [0.25, 0.3) is 0 Å². The van der Waals surface area contributed by atoms with Gasteiger partial charge in [-0.15, -0.1) is 0 Å². The van der Waals surface area contributed by atoms with Crippen LogP contribution in [-0.2, 0) is 9.47 Å². The summed E-state index contributed by atoms with van der Waals surface area (Å²) in [6.07, 6.45) is -0.0206. The molecule has 0 N–H and O–H groups in total. The first-order valence-electron chi connectivity index (χ1n) is 4.92. The second kappa shape index (κ2) is 3.65. The SMILES string of the molecule is CC1(C)OCC(c2ccc(C#N)cc2)O1. The highest BCUT2D eigenvalue weighted by Crippen LogP contribution is 2.32. The number of hydrogen-bond acceptors (Lipinski definition) is 3. The summed E-state index contributed by atoms with van der Waals surface area (Å²) >= 11 is 0. The molecule has 0 aliphatic carbocycles. The topological polar surface area (TPSA) is 42.2 Å². The Kier molecular flexibility index (Phi) is 2.47. The maximum atomic E-state index is 8.67. The van der Waals surface area contributed by atoms with Gasteiger partial charge >= 0.3 is 0 Å². The van der Waals surface area contributed by atoms with E-state index in [2.05, 4.69) is 6.07 Å². The van der Waals surface area contributed by atoms with Crippen LogP contribution in [0.15, 0.2) is 24.3 Å². The number of ether oxygens (including phenoxy) is 2. The zero-order valence-electron chi connectivity index (χ0n) is 8.86. The fourth-order valence-electron chi connectivity index (χ4n) is 1.62. The van der Waals surface area contributed by atoms with Crippen LogP contribution < -0.4 is 0 Å². The Morgan fingerprint density at radius 2 is 2.00 bits per heavy atom. The van der Waals surface area contributed by atoms with Gasteiger partial charge in [0.1, 0.15) is 6.10 Å². The molecule has 3 nitrogen and oxygen atoms in total. The molecular formula is C12H13NO2. The number of nitrogens with zero attached hydrogens (tertiary/aromatic N) is 1. The molecule has 1 aromatic carbocycles. The molecule has 1 saturated heterocycles. The van der Waals surface area contributed by atoms with E-state index in [-0.39, 0.29) is 6.10 Å². The number of nitriles is 1. The molecule has 2 rings (SSSR count). The van der Waals surface area contributed by atoms with E-state index in [1.54, 1.807) is 12.1 Å². The third-order valence-electron chi connectivity index (χ3n) is 2.42. The van der Waals surface area contributed by atoms with Crippen molar-refractivity contribution in [3.8, 4) is 6.07 Å². The van der Waals surface area contributed by atoms with E-state index in [1.165, 1.54) is 0 Å². The molecule has 1 heterocycles. The van der Waals surface area contributed by atoms with E-state index >= 15 is 0 Å². The molecule has 0 amide bonds. The van der Waals surface area contributed by atoms with Gasteiger partial charge in [-0.05, 0) is 31.5 Å². The summed E-state index contributed by atoms with van der Waals surface area (Å²) < 4.78 is 11.2. The summed E-state index contributed by atoms with van der Waals surface area (Å²) in [6, 6.07) is 9.50. The van der Waals surface area contributed by atoms with Gasteiger partial charge in [0.15, 0.2) is 5.79 Å². The van der Waals surface area contributed by atoms with Crippen LogP contribution in [0.25, 0.3) is 0 Å². The molecular weight excluding hydrogens is 190 g/mol. The van der Waals surface area contributed by atoms with E-state index < -0.39 is 5.79 Å². The summed E-state index contributed by atoms with van der Waals surface area (Å²) in [5, 5.41) is 8.67. The minimum absolute atomic E-state index is 0.0206. The number of hydrogen-bond donors (Lipinski definition) is 0. The van der Waals surface area contributed by atoms with Crippen LogP contribution in [0, 0.1) is 11.3 Å². The first-order valence-corrected chi connectivity index (χ1v) is 4.92. The maximum Gasteiger partial charge on any atom is 0.163 e. The molecule has 15 heavy (non-hydrogen) atoms. The highest BCUT2D eigenvalue weighted by atomic mass is 16.7. The van der Waals surface area contributed by atoms with E-state index in [4.69, 9.17) is 14.7 Å². The highest BCUT2D eigenvalue weighted by molar-refractivity contribution is 5.32. The monoisotopic (exact) mass is 203 g/mol. The summed E-state index contributed by atoms with van der Waals surface area (Å²) in [5.41, 5.74) is 1.72. The van der Waals surface area contributed by atoms with Crippen LogP contribution in [0.3, 0.4) is 0 Å². The summed E-state index contributed by atoms with van der Waals surface area (Å²) in [4.78, 5) is 0. The molecule has 78 valence electrons. The normalized spacial score (nSPS) is 23.7. The first kappa shape index (κ1) is 10.2. The second-order valence-electron chi connectivity index (χ2n) is 4.05. The molecule has 1 aromatic rings. The number of benzene rings is 1. The van der Waals surface area contributed by atoms with Crippen molar-refractivity contribution < 1.29 is 9.47 Å². The highest BCUT2D eigenvalue weighted by Gasteiger charge is 2.33. The summed E-state index contributed by atoms with van der Waals surface area (Å²) in [5.74, 6) is -0.501. The Morgan fingerprint density at radius 1 is 1.33 bits per heavy atom. The van der Waals surface area contributed by atoms with Gasteiger partial charge < -0.3 is 9.47 Å². The van der Waals surface area contributed by atoms with Gasteiger partial charge in [-0.1, -0.05) is 12.1 Å². The molecule has 0 bridgehead atoms. The lowest BCUT2D eigenvalue weighted by molar-refractivity contribution is -0.139. The van der Waals surface area contributed by atoms with E-state index in [1.807, 2.05) is 26.0 Å². The van der Waals surface area contributed by atoms with Crippen molar-refractivity contribution in [1.29, 1.82) is 5.26 Å². The fourth-order valence-corrected chi connectivity index (χ4v) is 1.62. The lowest BCUT2D eigenvalue weighted by Crippen LogP contribution is -2.19. The quantitative estimate of drug-likeness (QED) is 0.703. The van der Waals surface area contributed by atoms with Crippen LogP contribution in [0.5, 0.6) is 0 Å². The Bertz CT molecular complexity index is 389. The molecule has 1 atom stereocenters. The third kappa shape index (κ3) is 2.17. The Labute approximate surface area is 89.2 Å². The molecule has 1 unspecified atom stereocenters. The molecule has 0 aromatic heterocycles. The first-order chi connectivity index (χ1) is 7.11. The lowest BCUT2D eigenvalue weighted by atomic mass is 10.1. The van der Waals surface area contributed by atoms with E-state index in [9.17, 15) is 0 Å². The fraction of sp³-hybridized carbons (Fsp3) is 0.417. The molecule has 0 saturated carbocycles. The van der Waals surface area contributed by atoms with Crippen LogP contribution in [0.4, 0.5) is 0 Å². The van der Waals surface area contributed by atoms with Crippen molar-refractivity contribution in [3.05, 3.63) is 35.4 Å². The molecule has 1 fully saturated rings. The summed E-state index contributed by atoms with van der Waals surface area (Å²) in [7, 11) is 0. The minimum atomic E-state index is -0.501. The van der Waals surface area contributed by atoms with Crippen LogP contribution >= 0.6 is 0 Å². The van der Waals surface area contributed by atoms with Crippen LogP contribution in [0.1, 0.15) is 31.1 Å². The van der Waals surface area contributed by atoms with Gasteiger partial charge in [-0.3, -0.25) is 0 Å². The smallest absolute Gasteiger partial charge is 0.163 e. The number of rotatable bonds is 1. The molecule has 0 radical (unpaired) electrons. The van der Waals surface area contributed by atoms with Crippen molar-refractivity contribution in [2.75, 3.05) is 6.61 Å². The standard InChI is InChI=1S/C12H13NO2/c1-12(2)14-8-11(15-12)10-5-3-9(7-13)4-6-10/h3-6,11H,8H2,1-2H3. The van der Waals surface area contributed by atoms with Crippen molar-refractivity contribution in [1.82, 2.24) is 0 Å². The molecule has 3 heteroatoms. The van der Waals surface area contributed by atoms with Gasteiger partial charge in [0.05, 0.1) is 18.2 Å². The van der Waals surface area contributed by atoms with Crippen molar-refractivity contribution in [2.24, 2.45) is 0 Å². The average molecular weight is 203 g/mol. The molecule has 1 aliphatic rings. The van der Waals surface area contributed by atoms with E-state index in [0.29, 0.717) is 12.2 Å². The van der Waals surface area contributed by atoms with E-state index in [0.717, 1.165) is 5.56 Å². The zero-order chi connectivity index (χ0) is 10.9. The van der Waals surface area contributed by atoms with Crippen molar-refractivity contribution >= 4 is 0 Å². The second-order valence-corrected chi connectivity index (χ2v) is 4.05. The third-order valence-corrected chi connectivity index (χ3v) is 2.42. The predicted molar refractivity (Wildman–Crippen MR) is 55.0 cm³/mol. The van der Waals surface area contributed by atoms with Crippen molar-refractivity contribution in [2.45, 2.75) is 25.7 Å². The van der Waals surface area contributed by atoms with Gasteiger partial charge in [0.2, 0.25) is 0 Å². The zero-order valence-corrected chi connectivity index (χ0v) is 8.86. The predicted octanol–water partition coefficient (Wildman–Crippen LogP) is 2.38. The Balaban J connectivity index is 2.15. The van der Waals surface area contributed by atoms with Gasteiger partial charge in [-0.2, -0.15) is 5.26 Å². The largest absolute Gasteiger partial charge is 0.347 e. The molecule has 1 aliphatic heterocycles. The minimum Gasteiger partial charge on any atom is -0.347 e. The maximum absolute atomic E-state index is 8.67. The van der Waals surface area contributed by atoms with Crippen LogP contribution in [0.2, 0.25) is 0 Å². The van der Waals surface area contributed by atoms with Crippen molar-refractivity contribution in [3.63, 3.8) is 0 Å². The summed E-state index contributed by atoms with van der Waals surface area (Å²) in [6.45, 7) is 4.37.